The minimum Gasteiger partial charge on any atom is -0.497 e. The van der Waals surface area contributed by atoms with Crippen LogP contribution >= 0.6 is 11.6 Å². The second-order valence-electron chi connectivity index (χ2n) is 9.00. The second-order valence-corrected chi connectivity index (χ2v) is 9.41. The van der Waals surface area contributed by atoms with Crippen LogP contribution in [0, 0.1) is 6.92 Å². The van der Waals surface area contributed by atoms with Gasteiger partial charge < -0.3 is 19.1 Å². The number of amides is 2. The number of benzene rings is 3. The zero-order chi connectivity index (χ0) is 25.9. The van der Waals surface area contributed by atoms with Crippen molar-refractivity contribution in [2.75, 3.05) is 33.3 Å². The number of nitrogens with zero attached hydrogens (tertiary/aromatic N) is 3. The number of hydrogen-bond acceptors (Lipinski definition) is 3. The molecule has 0 radical (unpaired) electrons. The Kier molecular flexibility index (Phi) is 7.01. The van der Waals surface area contributed by atoms with Gasteiger partial charge in [-0.05, 0) is 48.9 Å². The Morgan fingerprint density at radius 3 is 2.11 bits per heavy atom. The standard InChI is InChI=1S/C30H28ClN3O3/c1-21-25(20-28(22-9-4-3-5-10-22)34(21)27-14-7-6-13-26(27)31)30(36)33-17-15-32(16-18-33)29(35)23-11-8-12-24(19-23)37-2/h3-14,19-20H,15-18H2,1-2H3. The Morgan fingerprint density at radius 1 is 0.784 bits per heavy atom. The molecule has 0 aliphatic carbocycles. The lowest BCUT2D eigenvalue weighted by Gasteiger charge is -2.35. The van der Waals surface area contributed by atoms with Crippen molar-refractivity contribution < 1.29 is 14.3 Å². The van der Waals surface area contributed by atoms with Crippen molar-refractivity contribution >= 4 is 23.4 Å². The number of piperazine rings is 1. The van der Waals surface area contributed by atoms with Crippen LogP contribution in [-0.4, -0.2) is 59.5 Å². The number of carbonyl (C=O) groups is 2. The third-order valence-corrected chi connectivity index (χ3v) is 7.13. The van der Waals surface area contributed by atoms with Gasteiger partial charge in [-0.25, -0.2) is 0 Å². The van der Waals surface area contributed by atoms with Gasteiger partial charge in [0.05, 0.1) is 29.1 Å². The normalized spacial score (nSPS) is 13.5. The average molecular weight is 514 g/mol. The van der Waals surface area contributed by atoms with E-state index >= 15 is 0 Å². The van der Waals surface area contributed by atoms with Crippen LogP contribution in [0.3, 0.4) is 0 Å². The molecule has 0 atom stereocenters. The molecular formula is C30H28ClN3O3. The Morgan fingerprint density at radius 2 is 1.43 bits per heavy atom. The van der Waals surface area contributed by atoms with Crippen LogP contribution < -0.4 is 4.74 Å². The number of ether oxygens (including phenoxy) is 1. The summed E-state index contributed by atoms with van der Waals surface area (Å²) in [5, 5.41) is 0.613. The fraction of sp³-hybridized carbons (Fsp3) is 0.200. The van der Waals surface area contributed by atoms with Crippen LogP contribution in [0.2, 0.25) is 5.02 Å². The Balaban J connectivity index is 1.40. The van der Waals surface area contributed by atoms with E-state index in [1.54, 1.807) is 24.1 Å². The van der Waals surface area contributed by atoms with Gasteiger partial charge >= 0.3 is 0 Å². The molecule has 0 N–H and O–H groups in total. The van der Waals surface area contributed by atoms with E-state index in [-0.39, 0.29) is 11.8 Å². The van der Waals surface area contributed by atoms with Crippen molar-refractivity contribution in [3.05, 3.63) is 107 Å². The lowest BCUT2D eigenvalue weighted by atomic mass is 10.1. The number of hydrogen-bond donors (Lipinski definition) is 0. The highest BCUT2D eigenvalue weighted by Gasteiger charge is 2.29. The first kappa shape index (κ1) is 24.7. The summed E-state index contributed by atoms with van der Waals surface area (Å²) in [7, 11) is 1.58. The van der Waals surface area contributed by atoms with Crippen molar-refractivity contribution in [2.45, 2.75) is 6.92 Å². The van der Waals surface area contributed by atoms with Crippen LogP contribution in [0.25, 0.3) is 16.9 Å². The third kappa shape index (κ3) is 4.85. The zero-order valence-corrected chi connectivity index (χ0v) is 21.6. The maximum absolute atomic E-state index is 13.7. The molecule has 0 bridgehead atoms. The molecule has 1 saturated heterocycles. The number of aromatic nitrogens is 1. The van der Waals surface area contributed by atoms with Gasteiger partial charge in [0.2, 0.25) is 0 Å². The molecule has 5 rings (SSSR count). The first-order valence-electron chi connectivity index (χ1n) is 12.2. The lowest BCUT2D eigenvalue weighted by Crippen LogP contribution is -2.50. The van der Waals surface area contributed by atoms with E-state index in [9.17, 15) is 9.59 Å². The Hall–Kier alpha value is -4.03. The van der Waals surface area contributed by atoms with Crippen molar-refractivity contribution in [2.24, 2.45) is 0 Å². The van der Waals surface area contributed by atoms with Gasteiger partial charge in [0, 0.05) is 37.4 Å². The van der Waals surface area contributed by atoms with Gasteiger partial charge in [-0.15, -0.1) is 0 Å². The first-order chi connectivity index (χ1) is 18.0. The molecule has 3 aromatic carbocycles. The largest absolute Gasteiger partial charge is 0.497 e. The molecule has 1 aliphatic heterocycles. The van der Waals surface area contributed by atoms with Crippen molar-refractivity contribution in [3.8, 4) is 22.7 Å². The van der Waals surface area contributed by atoms with E-state index < -0.39 is 0 Å². The third-order valence-electron chi connectivity index (χ3n) is 6.81. The topological polar surface area (TPSA) is 54.8 Å². The monoisotopic (exact) mass is 513 g/mol. The summed E-state index contributed by atoms with van der Waals surface area (Å²) in [5.41, 5.74) is 4.77. The molecule has 1 aliphatic rings. The molecule has 188 valence electrons. The summed E-state index contributed by atoms with van der Waals surface area (Å²) in [4.78, 5) is 30.3. The maximum Gasteiger partial charge on any atom is 0.255 e. The minimum absolute atomic E-state index is 0.0473. The Bertz CT molecular complexity index is 1440. The van der Waals surface area contributed by atoms with Gasteiger partial charge in [-0.1, -0.05) is 60.1 Å². The highest BCUT2D eigenvalue weighted by Crippen LogP contribution is 2.33. The van der Waals surface area contributed by atoms with Gasteiger partial charge in [-0.3, -0.25) is 9.59 Å². The number of rotatable bonds is 5. The molecule has 4 aromatic rings. The van der Waals surface area contributed by atoms with Crippen molar-refractivity contribution in [1.29, 1.82) is 0 Å². The predicted octanol–water partition coefficient (Wildman–Crippen LogP) is 5.71. The van der Waals surface area contributed by atoms with E-state index in [0.717, 1.165) is 22.6 Å². The molecule has 1 aromatic heterocycles. The molecule has 6 nitrogen and oxygen atoms in total. The summed E-state index contributed by atoms with van der Waals surface area (Å²) in [6.45, 7) is 3.82. The molecule has 2 amide bonds. The predicted molar refractivity (Wildman–Crippen MR) is 146 cm³/mol. The smallest absolute Gasteiger partial charge is 0.255 e. The highest BCUT2D eigenvalue weighted by atomic mass is 35.5. The molecule has 0 saturated carbocycles. The van der Waals surface area contributed by atoms with Crippen molar-refractivity contribution in [3.63, 3.8) is 0 Å². The number of methoxy groups -OCH3 is 1. The molecule has 0 spiro atoms. The number of carbonyl (C=O) groups excluding carboxylic acids is 2. The summed E-state index contributed by atoms with van der Waals surface area (Å²) in [5.74, 6) is 0.541. The van der Waals surface area contributed by atoms with E-state index in [4.69, 9.17) is 16.3 Å². The zero-order valence-electron chi connectivity index (χ0n) is 20.9. The minimum atomic E-state index is -0.0570. The summed E-state index contributed by atoms with van der Waals surface area (Å²) in [6, 6.07) is 26.7. The second kappa shape index (κ2) is 10.5. The van der Waals surface area contributed by atoms with Gasteiger partial charge in [0.15, 0.2) is 0 Å². The fourth-order valence-corrected chi connectivity index (χ4v) is 5.03. The van der Waals surface area contributed by atoms with Crippen molar-refractivity contribution in [1.82, 2.24) is 14.4 Å². The van der Waals surface area contributed by atoms with E-state index in [2.05, 4.69) is 0 Å². The Labute approximate surface area is 221 Å². The number of halogens is 1. The summed E-state index contributed by atoms with van der Waals surface area (Å²) >= 11 is 6.58. The van der Waals surface area contributed by atoms with Gasteiger partial charge in [0.1, 0.15) is 5.75 Å². The van der Waals surface area contributed by atoms with Crippen LogP contribution in [0.4, 0.5) is 0 Å². The summed E-state index contributed by atoms with van der Waals surface area (Å²) in [6.07, 6.45) is 0. The van der Waals surface area contributed by atoms with E-state index in [1.165, 1.54) is 0 Å². The molecule has 2 heterocycles. The van der Waals surface area contributed by atoms with Crippen LogP contribution in [-0.2, 0) is 0 Å². The van der Waals surface area contributed by atoms with Crippen LogP contribution in [0.5, 0.6) is 5.75 Å². The molecular weight excluding hydrogens is 486 g/mol. The highest BCUT2D eigenvalue weighted by molar-refractivity contribution is 6.32. The maximum atomic E-state index is 13.7. The van der Waals surface area contributed by atoms with Crippen LogP contribution in [0.15, 0.2) is 84.9 Å². The fourth-order valence-electron chi connectivity index (χ4n) is 4.81. The van der Waals surface area contributed by atoms with E-state index in [0.29, 0.717) is 48.1 Å². The molecule has 0 unspecified atom stereocenters. The average Bonchev–Trinajstić information content (AvgIpc) is 3.29. The van der Waals surface area contributed by atoms with Gasteiger partial charge in [-0.2, -0.15) is 0 Å². The lowest BCUT2D eigenvalue weighted by molar-refractivity contribution is 0.0535. The first-order valence-corrected chi connectivity index (χ1v) is 12.6. The molecule has 1 fully saturated rings. The summed E-state index contributed by atoms with van der Waals surface area (Å²) < 4.78 is 7.30. The van der Waals surface area contributed by atoms with E-state index in [1.807, 2.05) is 89.2 Å². The SMILES string of the molecule is COc1cccc(C(=O)N2CCN(C(=O)c3cc(-c4ccccc4)n(-c4ccccc4Cl)c3C)CC2)c1. The molecule has 37 heavy (non-hydrogen) atoms. The number of para-hydroxylation sites is 1. The van der Waals surface area contributed by atoms with Gasteiger partial charge in [0.25, 0.3) is 11.8 Å². The quantitative estimate of drug-likeness (QED) is 0.343. The molecule has 7 heteroatoms. The van der Waals surface area contributed by atoms with Crippen LogP contribution in [0.1, 0.15) is 26.4 Å².